The fourth-order valence-electron chi connectivity index (χ4n) is 3.20. The van der Waals surface area contributed by atoms with Crippen molar-refractivity contribution in [2.45, 2.75) is 18.9 Å². The molecular weight excluding hydrogens is 368 g/mol. The number of fused-ring (bicyclic) bond motifs is 3. The lowest BCUT2D eigenvalue weighted by atomic mass is 10.2. The predicted molar refractivity (Wildman–Crippen MR) is 113 cm³/mol. The van der Waals surface area contributed by atoms with E-state index >= 15 is 0 Å². The molecule has 2 aromatic heterocycles. The summed E-state index contributed by atoms with van der Waals surface area (Å²) in [5.74, 6) is 0.195. The number of aromatic nitrogens is 2. The first-order chi connectivity index (χ1) is 13.6. The van der Waals surface area contributed by atoms with E-state index in [-0.39, 0.29) is 11.7 Å². The quantitative estimate of drug-likeness (QED) is 0.516. The number of pyridine rings is 1. The van der Waals surface area contributed by atoms with Gasteiger partial charge in [-0.05, 0) is 49.2 Å². The second-order valence-corrected chi connectivity index (χ2v) is 7.56. The van der Waals surface area contributed by atoms with Crippen LogP contribution in [-0.2, 0) is 4.79 Å². The lowest BCUT2D eigenvalue weighted by Gasteiger charge is -2.11. The van der Waals surface area contributed by atoms with E-state index in [1.807, 2.05) is 72.8 Å². The van der Waals surface area contributed by atoms with Crippen LogP contribution in [0.1, 0.15) is 16.7 Å². The maximum atomic E-state index is 12.5. The predicted octanol–water partition coefficient (Wildman–Crippen LogP) is 4.71. The molecule has 0 aliphatic heterocycles. The zero-order chi connectivity index (χ0) is 19.7. The lowest BCUT2D eigenvalue weighted by molar-refractivity contribution is -0.113. The molecule has 4 rings (SSSR count). The Kier molecular flexibility index (Phi) is 4.76. The summed E-state index contributed by atoms with van der Waals surface area (Å²) in [4.78, 5) is 17.1. The minimum atomic E-state index is -0.0705. The highest BCUT2D eigenvalue weighted by molar-refractivity contribution is 7.99. The number of imidazole rings is 1. The number of carbonyl (C=O) groups is 1. The van der Waals surface area contributed by atoms with Crippen LogP contribution in [0.2, 0.25) is 0 Å². The van der Waals surface area contributed by atoms with Crippen LogP contribution in [0.25, 0.3) is 16.7 Å². The lowest BCUT2D eigenvalue weighted by Crippen LogP contribution is -2.15. The normalized spacial score (nSPS) is 10.9. The highest BCUT2D eigenvalue weighted by Gasteiger charge is 2.16. The molecule has 2 aromatic carbocycles. The summed E-state index contributed by atoms with van der Waals surface area (Å²) in [6.07, 6.45) is 0. The average Bonchev–Trinajstić information content (AvgIpc) is 3.07. The van der Waals surface area contributed by atoms with Crippen LogP contribution < -0.4 is 5.32 Å². The van der Waals surface area contributed by atoms with Gasteiger partial charge in [0.15, 0.2) is 5.65 Å². The average molecular weight is 386 g/mol. The molecule has 0 bridgehead atoms. The minimum absolute atomic E-state index is 0.0705. The highest BCUT2D eigenvalue weighted by atomic mass is 32.2. The van der Waals surface area contributed by atoms with Crippen LogP contribution in [0.4, 0.5) is 5.69 Å². The van der Waals surface area contributed by atoms with Crippen LogP contribution in [0.15, 0.2) is 59.6 Å². The minimum Gasteiger partial charge on any atom is -0.325 e. The van der Waals surface area contributed by atoms with E-state index in [2.05, 4.69) is 16.4 Å². The Morgan fingerprint density at radius 1 is 1.14 bits per heavy atom. The molecule has 0 radical (unpaired) electrons. The van der Waals surface area contributed by atoms with Gasteiger partial charge in [-0.3, -0.25) is 9.20 Å². The van der Waals surface area contributed by atoms with Gasteiger partial charge in [-0.15, -0.1) is 0 Å². The zero-order valence-corrected chi connectivity index (χ0v) is 16.4. The van der Waals surface area contributed by atoms with Crippen molar-refractivity contribution in [2.24, 2.45) is 0 Å². The van der Waals surface area contributed by atoms with Crippen LogP contribution >= 0.6 is 11.8 Å². The first-order valence-corrected chi connectivity index (χ1v) is 9.86. The molecule has 5 nitrogen and oxygen atoms in total. The van der Waals surface area contributed by atoms with Crippen molar-refractivity contribution in [2.75, 3.05) is 11.1 Å². The second-order valence-electron chi connectivity index (χ2n) is 6.56. The number of nitrogens with one attached hydrogen (secondary N) is 1. The van der Waals surface area contributed by atoms with Crippen LogP contribution in [0.3, 0.4) is 0 Å². The van der Waals surface area contributed by atoms with E-state index in [1.54, 1.807) is 0 Å². The zero-order valence-electron chi connectivity index (χ0n) is 15.6. The molecule has 138 valence electrons. The number of para-hydroxylation sites is 3. The third kappa shape index (κ3) is 3.21. The van der Waals surface area contributed by atoms with Gasteiger partial charge in [0.05, 0.1) is 27.4 Å². The standard InChI is InChI=1S/C22H18N4OS/c1-14-7-3-4-8-17(14)24-20(27)13-28-21-11-15(2)16(12-23)22-25-18-9-5-6-10-19(18)26(21)22/h3-11H,13H2,1-2H3,(H,24,27). The van der Waals surface area contributed by atoms with Gasteiger partial charge in [0.25, 0.3) is 0 Å². The van der Waals surface area contributed by atoms with Crippen molar-refractivity contribution >= 4 is 40.0 Å². The summed E-state index contributed by atoms with van der Waals surface area (Å²) >= 11 is 1.44. The first-order valence-electron chi connectivity index (χ1n) is 8.87. The SMILES string of the molecule is Cc1ccccc1NC(=O)CSc1cc(C)c(C#N)c2nc3ccccc3n12. The maximum Gasteiger partial charge on any atom is 0.234 e. The summed E-state index contributed by atoms with van der Waals surface area (Å²) in [6, 6.07) is 19.7. The molecule has 0 saturated heterocycles. The van der Waals surface area contributed by atoms with Gasteiger partial charge in [0.2, 0.25) is 5.91 Å². The van der Waals surface area contributed by atoms with E-state index in [0.29, 0.717) is 11.2 Å². The number of nitriles is 1. The monoisotopic (exact) mass is 386 g/mol. The molecule has 1 N–H and O–H groups in total. The molecule has 6 heteroatoms. The highest BCUT2D eigenvalue weighted by Crippen LogP contribution is 2.29. The Bertz CT molecular complexity index is 1250. The van der Waals surface area contributed by atoms with E-state index in [9.17, 15) is 10.1 Å². The van der Waals surface area contributed by atoms with E-state index < -0.39 is 0 Å². The molecular formula is C22H18N4OS. The van der Waals surface area contributed by atoms with Crippen molar-refractivity contribution < 1.29 is 4.79 Å². The fraction of sp³-hybridized carbons (Fsp3) is 0.136. The van der Waals surface area contributed by atoms with E-state index in [0.717, 1.165) is 32.9 Å². The van der Waals surface area contributed by atoms with Crippen LogP contribution in [0.5, 0.6) is 0 Å². The molecule has 0 unspecified atom stereocenters. The molecule has 0 atom stereocenters. The molecule has 0 aliphatic rings. The van der Waals surface area contributed by atoms with Crippen LogP contribution in [0, 0.1) is 25.2 Å². The van der Waals surface area contributed by atoms with Gasteiger partial charge in [0.1, 0.15) is 6.07 Å². The Balaban J connectivity index is 1.68. The summed E-state index contributed by atoms with van der Waals surface area (Å²) in [7, 11) is 0. The van der Waals surface area contributed by atoms with Crippen molar-refractivity contribution in [3.05, 3.63) is 71.3 Å². The van der Waals surface area contributed by atoms with Crippen molar-refractivity contribution in [1.82, 2.24) is 9.38 Å². The van der Waals surface area contributed by atoms with Crippen molar-refractivity contribution in [1.29, 1.82) is 5.26 Å². The van der Waals surface area contributed by atoms with Crippen molar-refractivity contribution in [3.8, 4) is 6.07 Å². The van der Waals surface area contributed by atoms with E-state index in [4.69, 9.17) is 0 Å². The van der Waals surface area contributed by atoms with Gasteiger partial charge in [-0.25, -0.2) is 4.98 Å². The Morgan fingerprint density at radius 2 is 1.89 bits per heavy atom. The number of hydrogen-bond acceptors (Lipinski definition) is 4. The molecule has 0 spiro atoms. The van der Waals surface area contributed by atoms with Gasteiger partial charge in [-0.1, -0.05) is 42.1 Å². The Labute approximate surface area is 167 Å². The van der Waals surface area contributed by atoms with Crippen LogP contribution in [-0.4, -0.2) is 21.0 Å². The molecule has 1 amide bonds. The maximum absolute atomic E-state index is 12.5. The number of nitrogens with zero attached hydrogens (tertiary/aromatic N) is 3. The number of benzene rings is 2. The molecule has 4 aromatic rings. The van der Waals surface area contributed by atoms with Gasteiger partial charge >= 0.3 is 0 Å². The number of amides is 1. The number of aryl methyl sites for hydroxylation is 2. The van der Waals surface area contributed by atoms with Gasteiger partial charge in [0, 0.05) is 5.69 Å². The van der Waals surface area contributed by atoms with Crippen molar-refractivity contribution in [3.63, 3.8) is 0 Å². The molecule has 2 heterocycles. The smallest absolute Gasteiger partial charge is 0.234 e. The number of thioether (sulfide) groups is 1. The third-order valence-corrected chi connectivity index (χ3v) is 5.62. The molecule has 0 saturated carbocycles. The largest absolute Gasteiger partial charge is 0.325 e. The Hall–Kier alpha value is -3.30. The molecule has 0 aliphatic carbocycles. The second kappa shape index (κ2) is 7.37. The summed E-state index contributed by atoms with van der Waals surface area (Å²) in [5, 5.41) is 13.4. The number of hydrogen-bond donors (Lipinski definition) is 1. The number of anilines is 1. The molecule has 0 fully saturated rings. The van der Waals surface area contributed by atoms with Gasteiger partial charge in [-0.2, -0.15) is 5.26 Å². The Morgan fingerprint density at radius 3 is 2.68 bits per heavy atom. The number of carbonyl (C=O) groups excluding carboxylic acids is 1. The number of rotatable bonds is 4. The van der Waals surface area contributed by atoms with Gasteiger partial charge < -0.3 is 5.32 Å². The van der Waals surface area contributed by atoms with E-state index in [1.165, 1.54) is 11.8 Å². The summed E-state index contributed by atoms with van der Waals surface area (Å²) < 4.78 is 1.96. The topological polar surface area (TPSA) is 70.2 Å². The summed E-state index contributed by atoms with van der Waals surface area (Å²) in [6.45, 7) is 3.86. The molecule has 28 heavy (non-hydrogen) atoms. The summed E-state index contributed by atoms with van der Waals surface area (Å²) in [5.41, 5.74) is 5.65. The third-order valence-electron chi connectivity index (χ3n) is 4.62. The first kappa shape index (κ1) is 18.1. The fourth-order valence-corrected chi connectivity index (χ4v) is 4.12.